The van der Waals surface area contributed by atoms with Crippen LogP contribution in [0, 0.1) is 12.8 Å². The molecule has 0 unspecified atom stereocenters. The van der Waals surface area contributed by atoms with Gasteiger partial charge in [0.05, 0.1) is 6.42 Å². The third-order valence-electron chi connectivity index (χ3n) is 4.30. The number of nitrogens with zero attached hydrogens (tertiary/aromatic N) is 2. The molecule has 0 saturated carbocycles. The molecule has 0 N–H and O–H groups in total. The van der Waals surface area contributed by atoms with Crippen LogP contribution in [0.3, 0.4) is 0 Å². The molecule has 3 heterocycles. The van der Waals surface area contributed by atoms with Gasteiger partial charge in [-0.25, -0.2) is 0 Å². The van der Waals surface area contributed by atoms with Gasteiger partial charge in [-0.1, -0.05) is 6.07 Å². The number of carbonyl (C=O) groups excluding carboxylic acids is 1. The highest BCUT2D eigenvalue weighted by Crippen LogP contribution is 2.21. The number of rotatable bonds is 4. The van der Waals surface area contributed by atoms with Crippen LogP contribution >= 0.6 is 11.3 Å². The average molecular weight is 314 g/mol. The smallest absolute Gasteiger partial charge is 0.227 e. The van der Waals surface area contributed by atoms with Crippen molar-refractivity contribution >= 4 is 17.2 Å². The molecular weight excluding hydrogens is 292 g/mol. The number of pyridine rings is 1. The molecule has 3 nitrogen and oxygen atoms in total. The van der Waals surface area contributed by atoms with Gasteiger partial charge in [0.2, 0.25) is 5.91 Å². The molecule has 0 aromatic carbocycles. The molecule has 0 bridgehead atoms. The van der Waals surface area contributed by atoms with Gasteiger partial charge in [0.15, 0.2) is 0 Å². The van der Waals surface area contributed by atoms with Crippen molar-refractivity contribution in [3.63, 3.8) is 0 Å². The lowest BCUT2D eigenvalue weighted by Crippen LogP contribution is -2.41. The Morgan fingerprint density at radius 2 is 2.27 bits per heavy atom. The van der Waals surface area contributed by atoms with Gasteiger partial charge in [-0.15, -0.1) is 0 Å². The summed E-state index contributed by atoms with van der Waals surface area (Å²) in [5, 5.41) is 4.10. The molecule has 116 valence electrons. The van der Waals surface area contributed by atoms with Crippen LogP contribution in [0.15, 0.2) is 35.2 Å². The number of thiophene rings is 1. The van der Waals surface area contributed by atoms with Gasteiger partial charge in [0.1, 0.15) is 0 Å². The van der Waals surface area contributed by atoms with Gasteiger partial charge >= 0.3 is 0 Å². The van der Waals surface area contributed by atoms with E-state index >= 15 is 0 Å². The summed E-state index contributed by atoms with van der Waals surface area (Å²) in [5.74, 6) is 0.829. The third kappa shape index (κ3) is 3.95. The fraction of sp³-hybridized carbons (Fsp3) is 0.444. The number of aryl methyl sites for hydroxylation is 1. The topological polar surface area (TPSA) is 33.2 Å². The summed E-state index contributed by atoms with van der Waals surface area (Å²) in [6.07, 6.45) is 5.86. The van der Waals surface area contributed by atoms with E-state index < -0.39 is 0 Å². The first kappa shape index (κ1) is 15.2. The van der Waals surface area contributed by atoms with Crippen molar-refractivity contribution in [1.29, 1.82) is 0 Å². The van der Waals surface area contributed by atoms with E-state index in [1.807, 2.05) is 29.5 Å². The van der Waals surface area contributed by atoms with E-state index in [0.29, 0.717) is 12.3 Å². The maximum absolute atomic E-state index is 12.4. The van der Waals surface area contributed by atoms with E-state index in [-0.39, 0.29) is 5.91 Å². The molecule has 2 aromatic rings. The lowest BCUT2D eigenvalue weighted by molar-refractivity contribution is -0.132. The SMILES string of the molecule is Cc1ccc(C[C@@H]2CCCN(C(=O)Cc3ccsc3)C2)cn1. The van der Waals surface area contributed by atoms with E-state index in [1.54, 1.807) is 11.3 Å². The Labute approximate surface area is 136 Å². The number of carbonyl (C=O) groups is 1. The zero-order valence-electron chi connectivity index (χ0n) is 13.0. The van der Waals surface area contributed by atoms with E-state index in [0.717, 1.165) is 37.2 Å². The quantitative estimate of drug-likeness (QED) is 0.865. The van der Waals surface area contributed by atoms with Gasteiger partial charge in [-0.05, 0) is 66.1 Å². The number of piperidine rings is 1. The molecule has 3 rings (SSSR count). The first-order valence-corrected chi connectivity index (χ1v) is 8.85. The van der Waals surface area contributed by atoms with Crippen molar-refractivity contribution in [2.45, 2.75) is 32.6 Å². The monoisotopic (exact) mass is 314 g/mol. The predicted octanol–water partition coefficient (Wildman–Crippen LogP) is 3.48. The molecule has 0 aliphatic carbocycles. The van der Waals surface area contributed by atoms with Gasteiger partial charge in [-0.3, -0.25) is 9.78 Å². The molecule has 1 aliphatic rings. The first-order valence-electron chi connectivity index (χ1n) is 7.91. The van der Waals surface area contributed by atoms with E-state index in [2.05, 4.69) is 22.5 Å². The summed E-state index contributed by atoms with van der Waals surface area (Å²) in [6, 6.07) is 6.27. The summed E-state index contributed by atoms with van der Waals surface area (Å²) in [7, 11) is 0. The minimum atomic E-state index is 0.269. The van der Waals surface area contributed by atoms with Crippen molar-refractivity contribution in [2.75, 3.05) is 13.1 Å². The van der Waals surface area contributed by atoms with Crippen molar-refractivity contribution < 1.29 is 4.79 Å². The summed E-state index contributed by atoms with van der Waals surface area (Å²) in [5.41, 5.74) is 3.47. The van der Waals surface area contributed by atoms with E-state index in [1.165, 1.54) is 12.0 Å². The summed E-state index contributed by atoms with van der Waals surface area (Å²) < 4.78 is 0. The van der Waals surface area contributed by atoms with E-state index in [9.17, 15) is 4.79 Å². The number of amides is 1. The molecule has 22 heavy (non-hydrogen) atoms. The largest absolute Gasteiger partial charge is 0.342 e. The van der Waals surface area contributed by atoms with Crippen LogP contribution in [-0.2, 0) is 17.6 Å². The second kappa shape index (κ2) is 7.05. The lowest BCUT2D eigenvalue weighted by Gasteiger charge is -2.33. The Balaban J connectivity index is 1.56. The Morgan fingerprint density at radius 1 is 1.36 bits per heavy atom. The second-order valence-electron chi connectivity index (χ2n) is 6.17. The summed E-state index contributed by atoms with van der Waals surface area (Å²) in [6.45, 7) is 3.80. The molecule has 1 amide bonds. The number of aromatic nitrogens is 1. The van der Waals surface area contributed by atoms with Crippen LogP contribution in [0.5, 0.6) is 0 Å². The molecule has 1 fully saturated rings. The Hall–Kier alpha value is -1.68. The average Bonchev–Trinajstić information content (AvgIpc) is 3.03. The summed E-state index contributed by atoms with van der Waals surface area (Å²) >= 11 is 1.65. The Bertz CT molecular complexity index is 607. The Kier molecular flexibility index (Phi) is 4.88. The van der Waals surface area contributed by atoms with Gasteiger partial charge < -0.3 is 4.90 Å². The number of likely N-dealkylation sites (tertiary alicyclic amines) is 1. The fourth-order valence-electron chi connectivity index (χ4n) is 3.09. The predicted molar refractivity (Wildman–Crippen MR) is 90.0 cm³/mol. The highest BCUT2D eigenvalue weighted by molar-refractivity contribution is 7.07. The van der Waals surface area contributed by atoms with Gasteiger partial charge in [0, 0.05) is 25.0 Å². The summed E-state index contributed by atoms with van der Waals surface area (Å²) in [4.78, 5) is 18.8. The molecule has 0 spiro atoms. The molecule has 2 aromatic heterocycles. The van der Waals surface area contributed by atoms with Crippen molar-refractivity contribution in [2.24, 2.45) is 5.92 Å². The van der Waals surface area contributed by atoms with Crippen LogP contribution in [0.25, 0.3) is 0 Å². The number of hydrogen-bond acceptors (Lipinski definition) is 3. The molecule has 4 heteroatoms. The number of hydrogen-bond donors (Lipinski definition) is 0. The first-order chi connectivity index (χ1) is 10.7. The fourth-order valence-corrected chi connectivity index (χ4v) is 3.76. The van der Waals surface area contributed by atoms with Crippen LogP contribution in [0.2, 0.25) is 0 Å². The zero-order valence-corrected chi connectivity index (χ0v) is 13.8. The van der Waals surface area contributed by atoms with Crippen molar-refractivity contribution in [3.05, 3.63) is 52.0 Å². The van der Waals surface area contributed by atoms with Crippen molar-refractivity contribution in [1.82, 2.24) is 9.88 Å². The maximum atomic E-state index is 12.4. The minimum Gasteiger partial charge on any atom is -0.342 e. The van der Waals surface area contributed by atoms with Gasteiger partial charge in [0.25, 0.3) is 0 Å². The van der Waals surface area contributed by atoms with Crippen LogP contribution in [0.1, 0.15) is 29.7 Å². The van der Waals surface area contributed by atoms with Crippen LogP contribution < -0.4 is 0 Å². The molecule has 1 saturated heterocycles. The highest BCUT2D eigenvalue weighted by Gasteiger charge is 2.23. The second-order valence-corrected chi connectivity index (χ2v) is 6.95. The van der Waals surface area contributed by atoms with Gasteiger partial charge in [-0.2, -0.15) is 11.3 Å². The van der Waals surface area contributed by atoms with E-state index in [4.69, 9.17) is 0 Å². The van der Waals surface area contributed by atoms with Crippen molar-refractivity contribution in [3.8, 4) is 0 Å². The zero-order chi connectivity index (χ0) is 15.4. The lowest BCUT2D eigenvalue weighted by atomic mass is 9.91. The normalized spacial score (nSPS) is 18.4. The Morgan fingerprint density at radius 3 is 3.00 bits per heavy atom. The third-order valence-corrected chi connectivity index (χ3v) is 5.04. The molecule has 0 radical (unpaired) electrons. The molecular formula is C18H22N2OS. The minimum absolute atomic E-state index is 0.269. The molecule has 1 atom stereocenters. The standard InChI is InChI=1S/C18H22N2OS/c1-14-4-5-15(11-19-14)9-16-3-2-7-20(12-16)18(21)10-17-6-8-22-13-17/h4-6,8,11,13,16H,2-3,7,9-10,12H2,1H3/t16-/m0/s1. The highest BCUT2D eigenvalue weighted by atomic mass is 32.1. The maximum Gasteiger partial charge on any atom is 0.227 e. The molecule has 1 aliphatic heterocycles. The van der Waals surface area contributed by atoms with Crippen LogP contribution in [0.4, 0.5) is 0 Å². The van der Waals surface area contributed by atoms with Crippen LogP contribution in [-0.4, -0.2) is 28.9 Å².